The third kappa shape index (κ3) is 2.96. The van der Waals surface area contributed by atoms with E-state index in [2.05, 4.69) is 15.5 Å². The van der Waals surface area contributed by atoms with Crippen molar-refractivity contribution in [2.24, 2.45) is 0 Å². The second-order valence-corrected chi connectivity index (χ2v) is 5.17. The highest BCUT2D eigenvalue weighted by Gasteiger charge is 2.19. The van der Waals surface area contributed by atoms with Crippen molar-refractivity contribution in [3.63, 3.8) is 0 Å². The summed E-state index contributed by atoms with van der Waals surface area (Å²) in [6.07, 6.45) is 2.21. The van der Waals surface area contributed by atoms with Crippen LogP contribution in [0.25, 0.3) is 0 Å². The molecule has 1 N–H and O–H groups in total. The van der Waals surface area contributed by atoms with Crippen molar-refractivity contribution in [2.75, 3.05) is 0 Å². The molecule has 1 unspecified atom stereocenters. The van der Waals surface area contributed by atoms with Crippen LogP contribution in [0.15, 0.2) is 41.2 Å². The first-order valence-corrected chi connectivity index (χ1v) is 6.74. The molecule has 3 rings (SSSR count). The van der Waals surface area contributed by atoms with E-state index in [0.717, 1.165) is 5.56 Å². The molecule has 2 heterocycles. The molecule has 21 heavy (non-hydrogen) atoms. The molecule has 0 aliphatic rings. The molecule has 2 aromatic heterocycles. The van der Waals surface area contributed by atoms with Crippen LogP contribution in [0, 0.1) is 6.92 Å². The van der Waals surface area contributed by atoms with Gasteiger partial charge in [0.2, 0.25) is 0 Å². The number of rotatable bonds is 4. The Morgan fingerprint density at radius 2 is 2.29 bits per heavy atom. The van der Waals surface area contributed by atoms with E-state index in [-0.39, 0.29) is 0 Å². The first-order chi connectivity index (χ1) is 10.1. The quantitative estimate of drug-likeness (QED) is 0.800. The molecule has 1 atom stereocenters. The fourth-order valence-corrected chi connectivity index (χ4v) is 2.27. The van der Waals surface area contributed by atoms with Gasteiger partial charge in [0, 0.05) is 10.6 Å². The highest BCUT2D eigenvalue weighted by Crippen LogP contribution is 2.22. The van der Waals surface area contributed by atoms with Crippen LogP contribution in [0.2, 0.25) is 5.02 Å². The van der Waals surface area contributed by atoms with Gasteiger partial charge in [-0.05, 0) is 24.6 Å². The average molecular weight is 305 g/mol. The summed E-state index contributed by atoms with van der Waals surface area (Å²) in [6, 6.07) is 7.51. The molecule has 0 radical (unpaired) electrons. The Labute approximate surface area is 125 Å². The molecule has 0 fully saturated rings. The van der Waals surface area contributed by atoms with E-state index >= 15 is 0 Å². The zero-order valence-electron chi connectivity index (χ0n) is 11.3. The first-order valence-electron chi connectivity index (χ1n) is 6.37. The second-order valence-electron chi connectivity index (χ2n) is 4.73. The van der Waals surface area contributed by atoms with Gasteiger partial charge in [0.15, 0.2) is 0 Å². The van der Waals surface area contributed by atoms with Gasteiger partial charge in [-0.15, -0.1) is 5.10 Å². The lowest BCUT2D eigenvalue weighted by Crippen LogP contribution is -2.01. The second kappa shape index (κ2) is 5.67. The van der Waals surface area contributed by atoms with Crippen molar-refractivity contribution in [1.82, 2.24) is 20.2 Å². The van der Waals surface area contributed by atoms with E-state index in [1.165, 1.54) is 6.26 Å². The smallest absolute Gasteiger partial charge is 0.130 e. The minimum atomic E-state index is -0.899. The number of aromatic nitrogens is 4. The van der Waals surface area contributed by atoms with Gasteiger partial charge in [-0.2, -0.15) is 0 Å². The summed E-state index contributed by atoms with van der Waals surface area (Å²) in [6.45, 7) is 2.29. The van der Waals surface area contributed by atoms with Crippen molar-refractivity contribution in [3.05, 3.63) is 64.3 Å². The molecular weight excluding hydrogens is 292 g/mol. The summed E-state index contributed by atoms with van der Waals surface area (Å²) in [7, 11) is 0. The number of halogens is 1. The molecule has 0 saturated carbocycles. The minimum absolute atomic E-state index is 0.448. The van der Waals surface area contributed by atoms with Gasteiger partial charge in [0.25, 0.3) is 0 Å². The third-order valence-corrected chi connectivity index (χ3v) is 3.39. The van der Waals surface area contributed by atoms with Gasteiger partial charge in [-0.3, -0.25) is 0 Å². The predicted molar refractivity (Wildman–Crippen MR) is 75.9 cm³/mol. The van der Waals surface area contributed by atoms with Gasteiger partial charge in [0.05, 0.1) is 18.4 Å². The predicted octanol–water partition coefficient (Wildman–Crippen LogP) is 2.36. The standard InChI is InChI=1S/C14H13ClN4O2/c1-9-12(8-21-17-9)14(20)13-7-19(18-16-13)6-10-3-2-4-11(15)5-10/h2-5,7-8,14,20H,6H2,1H3. The number of hydrogen-bond donors (Lipinski definition) is 1. The lowest BCUT2D eigenvalue weighted by Gasteiger charge is -2.04. The maximum Gasteiger partial charge on any atom is 0.130 e. The molecule has 0 spiro atoms. The summed E-state index contributed by atoms with van der Waals surface area (Å²) in [5, 5.41) is 22.7. The van der Waals surface area contributed by atoms with Crippen molar-refractivity contribution in [1.29, 1.82) is 0 Å². The summed E-state index contributed by atoms with van der Waals surface area (Å²) in [4.78, 5) is 0. The molecule has 0 saturated heterocycles. The Morgan fingerprint density at radius 3 is 3.00 bits per heavy atom. The molecular formula is C14H13ClN4O2. The monoisotopic (exact) mass is 304 g/mol. The number of nitrogens with zero attached hydrogens (tertiary/aromatic N) is 4. The van der Waals surface area contributed by atoms with Crippen molar-refractivity contribution in [2.45, 2.75) is 19.6 Å². The Bertz CT molecular complexity index is 753. The van der Waals surface area contributed by atoms with Crippen LogP contribution in [0.1, 0.15) is 28.6 Å². The van der Waals surface area contributed by atoms with Crippen LogP contribution in [0.5, 0.6) is 0 Å². The van der Waals surface area contributed by atoms with E-state index in [9.17, 15) is 5.11 Å². The third-order valence-electron chi connectivity index (χ3n) is 3.15. The maximum atomic E-state index is 10.2. The topological polar surface area (TPSA) is 77.0 Å². The fraction of sp³-hybridized carbons (Fsp3) is 0.214. The molecule has 6 nitrogen and oxygen atoms in total. The molecule has 108 valence electrons. The fourth-order valence-electron chi connectivity index (χ4n) is 2.06. The zero-order valence-corrected chi connectivity index (χ0v) is 12.0. The number of aryl methyl sites for hydroxylation is 1. The summed E-state index contributed by atoms with van der Waals surface area (Å²) in [5.74, 6) is 0. The van der Waals surface area contributed by atoms with Crippen molar-refractivity contribution in [3.8, 4) is 0 Å². The van der Waals surface area contributed by atoms with E-state index in [1.807, 2.05) is 24.3 Å². The highest BCUT2D eigenvalue weighted by molar-refractivity contribution is 6.30. The van der Waals surface area contributed by atoms with Gasteiger partial charge >= 0.3 is 0 Å². The van der Waals surface area contributed by atoms with Crippen molar-refractivity contribution < 1.29 is 9.63 Å². The molecule has 0 bridgehead atoms. The number of aliphatic hydroxyl groups is 1. The van der Waals surface area contributed by atoms with E-state index in [4.69, 9.17) is 16.1 Å². The molecule has 0 aliphatic heterocycles. The SMILES string of the molecule is Cc1nocc1C(O)c1cn(Cc2cccc(Cl)c2)nn1. The Kier molecular flexibility index (Phi) is 3.72. The molecule has 0 aliphatic carbocycles. The zero-order chi connectivity index (χ0) is 14.8. The molecule has 7 heteroatoms. The Hall–Kier alpha value is -2.18. The van der Waals surface area contributed by atoms with E-state index in [0.29, 0.717) is 28.5 Å². The van der Waals surface area contributed by atoms with E-state index in [1.54, 1.807) is 17.8 Å². The van der Waals surface area contributed by atoms with Crippen LogP contribution in [0.4, 0.5) is 0 Å². The molecule has 3 aromatic rings. The van der Waals surface area contributed by atoms with Gasteiger partial charge in [0.1, 0.15) is 18.1 Å². The molecule has 1 aromatic carbocycles. The maximum absolute atomic E-state index is 10.2. The first kappa shape index (κ1) is 13.8. The number of benzene rings is 1. The van der Waals surface area contributed by atoms with Crippen LogP contribution in [0.3, 0.4) is 0 Å². The van der Waals surface area contributed by atoms with Gasteiger partial charge < -0.3 is 9.63 Å². The lowest BCUT2D eigenvalue weighted by molar-refractivity contribution is 0.213. The molecule has 0 amide bonds. The Morgan fingerprint density at radius 1 is 1.43 bits per heavy atom. The normalized spacial score (nSPS) is 12.5. The van der Waals surface area contributed by atoms with Crippen LogP contribution >= 0.6 is 11.6 Å². The van der Waals surface area contributed by atoms with Crippen LogP contribution in [-0.4, -0.2) is 25.3 Å². The average Bonchev–Trinajstić information content (AvgIpc) is 3.07. The number of hydrogen-bond acceptors (Lipinski definition) is 5. The van der Waals surface area contributed by atoms with Crippen molar-refractivity contribution >= 4 is 11.6 Å². The highest BCUT2D eigenvalue weighted by atomic mass is 35.5. The summed E-state index contributed by atoms with van der Waals surface area (Å²) >= 11 is 5.95. The number of aliphatic hydroxyl groups excluding tert-OH is 1. The van der Waals surface area contributed by atoms with Crippen LogP contribution < -0.4 is 0 Å². The van der Waals surface area contributed by atoms with Gasteiger partial charge in [-0.25, -0.2) is 4.68 Å². The summed E-state index contributed by atoms with van der Waals surface area (Å²) in [5.41, 5.74) is 2.68. The van der Waals surface area contributed by atoms with E-state index < -0.39 is 6.10 Å². The lowest BCUT2D eigenvalue weighted by atomic mass is 10.1. The summed E-state index contributed by atoms with van der Waals surface area (Å²) < 4.78 is 6.47. The minimum Gasteiger partial charge on any atom is -0.382 e. The van der Waals surface area contributed by atoms with Gasteiger partial charge in [-0.1, -0.05) is 34.1 Å². The van der Waals surface area contributed by atoms with Crippen LogP contribution in [-0.2, 0) is 6.54 Å². The largest absolute Gasteiger partial charge is 0.382 e. The Balaban J connectivity index is 1.79.